The van der Waals surface area contributed by atoms with Crippen molar-refractivity contribution >= 4 is 5.91 Å². The molecule has 0 heterocycles. The standard InChI is InChI=1S/C17H26N2O2/c1-12(2)13-5-7-15(8-6-13)21-11-9-14-4-3-10-17(14,19)16(18)20/h5-8,12,14H,3-4,9-11,19H2,1-2H3,(H2,18,20). The summed E-state index contributed by atoms with van der Waals surface area (Å²) in [5, 5.41) is 0. The van der Waals surface area contributed by atoms with E-state index in [1.807, 2.05) is 12.1 Å². The molecule has 0 radical (unpaired) electrons. The predicted octanol–water partition coefficient (Wildman–Crippen LogP) is 2.56. The first-order valence-electron chi connectivity index (χ1n) is 7.75. The summed E-state index contributed by atoms with van der Waals surface area (Å²) >= 11 is 0. The summed E-state index contributed by atoms with van der Waals surface area (Å²) in [5.74, 6) is 1.13. The van der Waals surface area contributed by atoms with Gasteiger partial charge in [-0.2, -0.15) is 0 Å². The number of amides is 1. The summed E-state index contributed by atoms with van der Waals surface area (Å²) in [7, 11) is 0. The van der Waals surface area contributed by atoms with Crippen molar-refractivity contribution in [1.29, 1.82) is 0 Å². The van der Waals surface area contributed by atoms with Crippen molar-refractivity contribution in [2.45, 2.75) is 51.0 Å². The van der Waals surface area contributed by atoms with Crippen LogP contribution in [0.15, 0.2) is 24.3 Å². The fourth-order valence-electron chi connectivity index (χ4n) is 3.10. The molecule has 1 fully saturated rings. The molecule has 1 aromatic carbocycles. The summed E-state index contributed by atoms with van der Waals surface area (Å²) in [6.45, 7) is 4.90. The first-order valence-corrected chi connectivity index (χ1v) is 7.75. The average molecular weight is 290 g/mol. The third kappa shape index (κ3) is 3.56. The molecule has 0 aromatic heterocycles. The summed E-state index contributed by atoms with van der Waals surface area (Å²) in [5.41, 5.74) is 12.1. The van der Waals surface area contributed by atoms with Gasteiger partial charge in [0.05, 0.1) is 12.1 Å². The Morgan fingerprint density at radius 3 is 2.62 bits per heavy atom. The number of primary amides is 1. The number of benzene rings is 1. The zero-order valence-corrected chi connectivity index (χ0v) is 13.0. The molecular weight excluding hydrogens is 264 g/mol. The minimum absolute atomic E-state index is 0.130. The lowest BCUT2D eigenvalue weighted by molar-refractivity contribution is -0.124. The lowest BCUT2D eigenvalue weighted by Gasteiger charge is -2.27. The van der Waals surface area contributed by atoms with Crippen molar-refractivity contribution in [1.82, 2.24) is 0 Å². The molecule has 2 unspecified atom stereocenters. The van der Waals surface area contributed by atoms with Gasteiger partial charge in [-0.1, -0.05) is 32.4 Å². The molecule has 0 aliphatic heterocycles. The van der Waals surface area contributed by atoms with Gasteiger partial charge in [0.25, 0.3) is 0 Å². The summed E-state index contributed by atoms with van der Waals surface area (Å²) in [6, 6.07) is 8.17. The highest BCUT2D eigenvalue weighted by molar-refractivity contribution is 5.85. The van der Waals surface area contributed by atoms with E-state index in [0.717, 1.165) is 25.0 Å². The molecule has 1 aliphatic rings. The van der Waals surface area contributed by atoms with Crippen LogP contribution in [0.5, 0.6) is 5.75 Å². The van der Waals surface area contributed by atoms with Crippen LogP contribution in [-0.4, -0.2) is 18.1 Å². The van der Waals surface area contributed by atoms with Crippen LogP contribution in [0.3, 0.4) is 0 Å². The van der Waals surface area contributed by atoms with Gasteiger partial charge in [0.15, 0.2) is 0 Å². The van der Waals surface area contributed by atoms with E-state index >= 15 is 0 Å². The quantitative estimate of drug-likeness (QED) is 0.845. The number of hydrogen-bond acceptors (Lipinski definition) is 3. The van der Waals surface area contributed by atoms with Crippen molar-refractivity contribution in [2.75, 3.05) is 6.61 Å². The van der Waals surface area contributed by atoms with Gasteiger partial charge in [0, 0.05) is 0 Å². The van der Waals surface area contributed by atoms with Crippen molar-refractivity contribution in [3.8, 4) is 5.75 Å². The van der Waals surface area contributed by atoms with E-state index in [0.29, 0.717) is 18.9 Å². The zero-order valence-electron chi connectivity index (χ0n) is 13.0. The second kappa shape index (κ2) is 6.48. The first-order chi connectivity index (χ1) is 9.93. The van der Waals surface area contributed by atoms with Gasteiger partial charge in [-0.05, 0) is 48.8 Å². The summed E-state index contributed by atoms with van der Waals surface area (Å²) < 4.78 is 5.77. The lowest BCUT2D eigenvalue weighted by atomic mass is 9.85. The molecule has 4 heteroatoms. The maximum Gasteiger partial charge on any atom is 0.237 e. The molecule has 0 spiro atoms. The number of ether oxygens (including phenoxy) is 1. The van der Waals surface area contributed by atoms with Gasteiger partial charge >= 0.3 is 0 Å². The monoisotopic (exact) mass is 290 g/mol. The normalized spacial score (nSPS) is 25.2. The molecule has 2 rings (SSSR count). The Labute approximate surface area is 126 Å². The number of carbonyl (C=O) groups is 1. The van der Waals surface area contributed by atoms with Gasteiger partial charge in [-0.3, -0.25) is 4.79 Å². The van der Waals surface area contributed by atoms with Crippen LogP contribution in [0.25, 0.3) is 0 Å². The van der Waals surface area contributed by atoms with E-state index in [4.69, 9.17) is 16.2 Å². The highest BCUT2D eigenvalue weighted by Crippen LogP contribution is 2.35. The molecule has 0 saturated heterocycles. The van der Waals surface area contributed by atoms with Crippen molar-refractivity contribution in [3.63, 3.8) is 0 Å². The largest absolute Gasteiger partial charge is 0.494 e. The average Bonchev–Trinajstić information content (AvgIpc) is 2.82. The third-order valence-corrected chi connectivity index (χ3v) is 4.61. The third-order valence-electron chi connectivity index (χ3n) is 4.61. The van der Waals surface area contributed by atoms with Crippen LogP contribution in [0.1, 0.15) is 51.0 Å². The van der Waals surface area contributed by atoms with Crippen molar-refractivity contribution < 1.29 is 9.53 Å². The Morgan fingerprint density at radius 2 is 2.05 bits per heavy atom. The second-order valence-corrected chi connectivity index (χ2v) is 6.35. The topological polar surface area (TPSA) is 78.3 Å². The Kier molecular flexibility index (Phi) is 4.88. The molecule has 2 atom stereocenters. The Morgan fingerprint density at radius 1 is 1.38 bits per heavy atom. The number of rotatable bonds is 6. The van der Waals surface area contributed by atoms with Gasteiger partial charge in [0.2, 0.25) is 5.91 Å². The number of carbonyl (C=O) groups excluding carboxylic acids is 1. The van der Waals surface area contributed by atoms with E-state index in [-0.39, 0.29) is 11.8 Å². The molecule has 116 valence electrons. The van der Waals surface area contributed by atoms with Gasteiger partial charge in [-0.15, -0.1) is 0 Å². The first kappa shape index (κ1) is 15.8. The van der Waals surface area contributed by atoms with E-state index in [2.05, 4.69) is 26.0 Å². The molecule has 0 bridgehead atoms. The second-order valence-electron chi connectivity index (χ2n) is 6.35. The Balaban J connectivity index is 1.85. The molecule has 4 N–H and O–H groups in total. The van der Waals surface area contributed by atoms with Gasteiger partial charge < -0.3 is 16.2 Å². The maximum atomic E-state index is 11.5. The highest BCUT2D eigenvalue weighted by atomic mass is 16.5. The Bertz CT molecular complexity index is 484. The van der Waals surface area contributed by atoms with E-state index in [9.17, 15) is 4.79 Å². The van der Waals surface area contributed by atoms with Crippen LogP contribution in [0.4, 0.5) is 0 Å². The summed E-state index contributed by atoms with van der Waals surface area (Å²) in [4.78, 5) is 11.5. The molecule has 21 heavy (non-hydrogen) atoms. The number of hydrogen-bond donors (Lipinski definition) is 2. The maximum absolute atomic E-state index is 11.5. The predicted molar refractivity (Wildman–Crippen MR) is 84.1 cm³/mol. The van der Waals surface area contributed by atoms with Gasteiger partial charge in [-0.25, -0.2) is 0 Å². The Hall–Kier alpha value is -1.55. The summed E-state index contributed by atoms with van der Waals surface area (Å²) in [6.07, 6.45) is 3.38. The minimum Gasteiger partial charge on any atom is -0.494 e. The van der Waals surface area contributed by atoms with E-state index in [1.165, 1.54) is 5.56 Å². The fraction of sp³-hybridized carbons (Fsp3) is 0.588. The van der Waals surface area contributed by atoms with Crippen molar-refractivity contribution in [3.05, 3.63) is 29.8 Å². The zero-order chi connectivity index (χ0) is 15.5. The van der Waals surface area contributed by atoms with Crippen LogP contribution < -0.4 is 16.2 Å². The highest BCUT2D eigenvalue weighted by Gasteiger charge is 2.43. The van der Waals surface area contributed by atoms with Crippen molar-refractivity contribution in [2.24, 2.45) is 17.4 Å². The molecular formula is C17H26N2O2. The van der Waals surface area contributed by atoms with Crippen LogP contribution in [0, 0.1) is 5.92 Å². The fourth-order valence-corrected chi connectivity index (χ4v) is 3.10. The molecule has 1 saturated carbocycles. The molecule has 4 nitrogen and oxygen atoms in total. The SMILES string of the molecule is CC(C)c1ccc(OCCC2CCCC2(N)C(N)=O)cc1. The number of nitrogens with two attached hydrogens (primary N) is 2. The minimum atomic E-state index is -0.842. The molecule has 1 aliphatic carbocycles. The van der Waals surface area contributed by atoms with E-state index < -0.39 is 5.54 Å². The molecule has 1 amide bonds. The lowest BCUT2D eigenvalue weighted by Crippen LogP contribution is -2.54. The van der Waals surface area contributed by atoms with Gasteiger partial charge in [0.1, 0.15) is 5.75 Å². The van der Waals surface area contributed by atoms with E-state index in [1.54, 1.807) is 0 Å². The molecule has 1 aromatic rings. The van der Waals surface area contributed by atoms with Crippen LogP contribution in [0.2, 0.25) is 0 Å². The van der Waals surface area contributed by atoms with Crippen LogP contribution >= 0.6 is 0 Å². The van der Waals surface area contributed by atoms with Crippen LogP contribution in [-0.2, 0) is 4.79 Å². The smallest absolute Gasteiger partial charge is 0.237 e.